The number of carbonyl (C=O) groups is 2. The van der Waals surface area contributed by atoms with Crippen LogP contribution in [0, 0.1) is 13.8 Å². The summed E-state index contributed by atoms with van der Waals surface area (Å²) in [5.41, 5.74) is 5.93. The molecule has 3 aromatic rings. The molecule has 0 atom stereocenters. The Morgan fingerprint density at radius 1 is 0.970 bits per heavy atom. The van der Waals surface area contributed by atoms with E-state index in [4.69, 9.17) is 4.74 Å². The molecular formula is C27H29N3O3. The summed E-state index contributed by atoms with van der Waals surface area (Å²) in [7, 11) is 0. The minimum atomic E-state index is -0.514. The Kier molecular flexibility index (Phi) is 6.93. The van der Waals surface area contributed by atoms with Crippen LogP contribution in [0.1, 0.15) is 28.7 Å². The highest BCUT2D eigenvalue weighted by molar-refractivity contribution is 5.93. The summed E-state index contributed by atoms with van der Waals surface area (Å²) in [6.45, 7) is 6.39. The Hall–Kier alpha value is -3.80. The number of urea groups is 1. The fourth-order valence-corrected chi connectivity index (χ4v) is 3.95. The van der Waals surface area contributed by atoms with Crippen molar-refractivity contribution < 1.29 is 14.3 Å². The number of carbonyl (C=O) groups excluding carboxylic acids is 2. The van der Waals surface area contributed by atoms with Crippen molar-refractivity contribution in [3.8, 4) is 0 Å². The van der Waals surface area contributed by atoms with Crippen LogP contribution in [0.4, 0.5) is 21.0 Å². The van der Waals surface area contributed by atoms with E-state index in [1.165, 1.54) is 16.7 Å². The number of nitrogens with one attached hydrogen (secondary N) is 1. The number of benzene rings is 3. The summed E-state index contributed by atoms with van der Waals surface area (Å²) in [4.78, 5) is 29.0. The number of nitrogens with zero attached hydrogens (tertiary/aromatic N) is 2. The molecule has 1 heterocycles. The van der Waals surface area contributed by atoms with Crippen molar-refractivity contribution in [3.63, 3.8) is 0 Å². The van der Waals surface area contributed by atoms with Crippen LogP contribution in [0.2, 0.25) is 0 Å². The van der Waals surface area contributed by atoms with Crippen molar-refractivity contribution in [2.24, 2.45) is 0 Å². The van der Waals surface area contributed by atoms with Gasteiger partial charge in [-0.2, -0.15) is 0 Å². The van der Waals surface area contributed by atoms with E-state index in [9.17, 15) is 9.59 Å². The first kappa shape index (κ1) is 22.4. The topological polar surface area (TPSA) is 61.9 Å². The van der Waals surface area contributed by atoms with Gasteiger partial charge in [-0.3, -0.25) is 10.2 Å². The molecule has 0 bridgehead atoms. The van der Waals surface area contributed by atoms with E-state index in [1.807, 2.05) is 47.4 Å². The van der Waals surface area contributed by atoms with Crippen LogP contribution in [0.3, 0.4) is 0 Å². The van der Waals surface area contributed by atoms with E-state index in [-0.39, 0.29) is 12.6 Å². The molecule has 33 heavy (non-hydrogen) atoms. The van der Waals surface area contributed by atoms with Gasteiger partial charge in [0.05, 0.1) is 0 Å². The Morgan fingerprint density at radius 3 is 2.48 bits per heavy atom. The molecule has 0 aromatic heterocycles. The molecule has 3 amide bonds. The molecule has 170 valence electrons. The first-order chi connectivity index (χ1) is 16.0. The standard InChI is InChI=1S/C27H29N3O3/c1-20-9-10-21(2)23(17-20)18-29-15-6-16-30(27(29)32)25-13-11-24(12-14-25)28-26(31)33-19-22-7-4-3-5-8-22/h3-5,7-14,17H,6,15-16,18-19H2,1-2H3,(H,28,31). The Morgan fingerprint density at radius 2 is 1.73 bits per heavy atom. The number of ether oxygens (including phenoxy) is 1. The first-order valence-electron chi connectivity index (χ1n) is 11.2. The van der Waals surface area contributed by atoms with E-state index in [0.717, 1.165) is 24.2 Å². The predicted molar refractivity (Wildman–Crippen MR) is 130 cm³/mol. The molecular weight excluding hydrogens is 414 g/mol. The molecule has 1 fully saturated rings. The van der Waals surface area contributed by atoms with Crippen molar-refractivity contribution in [2.75, 3.05) is 23.3 Å². The largest absolute Gasteiger partial charge is 0.444 e. The van der Waals surface area contributed by atoms with Gasteiger partial charge >= 0.3 is 12.1 Å². The monoisotopic (exact) mass is 443 g/mol. The summed E-state index contributed by atoms with van der Waals surface area (Å²) in [5.74, 6) is 0. The smallest absolute Gasteiger partial charge is 0.411 e. The van der Waals surface area contributed by atoms with Gasteiger partial charge in [-0.15, -0.1) is 0 Å². The maximum absolute atomic E-state index is 13.2. The zero-order chi connectivity index (χ0) is 23.2. The Bertz CT molecular complexity index is 1110. The zero-order valence-electron chi connectivity index (χ0n) is 19.1. The molecule has 1 aliphatic rings. The maximum atomic E-state index is 13.2. The zero-order valence-corrected chi connectivity index (χ0v) is 19.1. The fourth-order valence-electron chi connectivity index (χ4n) is 3.95. The van der Waals surface area contributed by atoms with Gasteiger partial charge in [0.1, 0.15) is 6.61 Å². The number of aryl methyl sites for hydroxylation is 2. The third-order valence-corrected chi connectivity index (χ3v) is 5.82. The summed E-state index contributed by atoms with van der Waals surface area (Å²) >= 11 is 0. The van der Waals surface area contributed by atoms with E-state index >= 15 is 0 Å². The van der Waals surface area contributed by atoms with Crippen LogP contribution in [0.25, 0.3) is 0 Å². The molecule has 6 heteroatoms. The lowest BCUT2D eigenvalue weighted by Gasteiger charge is -2.36. The average Bonchev–Trinajstić information content (AvgIpc) is 2.83. The number of anilines is 2. The number of hydrogen-bond donors (Lipinski definition) is 1. The summed E-state index contributed by atoms with van der Waals surface area (Å²) in [6.07, 6.45) is 0.392. The Balaban J connectivity index is 1.36. The van der Waals surface area contributed by atoms with Crippen LogP contribution in [0.5, 0.6) is 0 Å². The van der Waals surface area contributed by atoms with Crippen molar-refractivity contribution in [3.05, 3.63) is 95.1 Å². The van der Waals surface area contributed by atoms with Gasteiger partial charge in [-0.25, -0.2) is 9.59 Å². The van der Waals surface area contributed by atoms with Gasteiger partial charge in [0.2, 0.25) is 0 Å². The number of hydrogen-bond acceptors (Lipinski definition) is 3. The molecule has 1 N–H and O–H groups in total. The van der Waals surface area contributed by atoms with E-state index in [0.29, 0.717) is 18.8 Å². The van der Waals surface area contributed by atoms with Gasteiger partial charge in [-0.05, 0) is 61.2 Å². The second-order valence-electron chi connectivity index (χ2n) is 8.37. The summed E-state index contributed by atoms with van der Waals surface area (Å²) in [6, 6.07) is 23.2. The SMILES string of the molecule is Cc1ccc(C)c(CN2CCCN(c3ccc(NC(=O)OCc4ccccc4)cc3)C2=O)c1. The van der Waals surface area contributed by atoms with Gasteiger partial charge in [-0.1, -0.05) is 54.1 Å². The normalized spacial score (nSPS) is 13.7. The minimum Gasteiger partial charge on any atom is -0.444 e. The molecule has 3 aromatic carbocycles. The molecule has 6 nitrogen and oxygen atoms in total. The lowest BCUT2D eigenvalue weighted by atomic mass is 10.0. The van der Waals surface area contributed by atoms with E-state index in [2.05, 4.69) is 37.4 Å². The lowest BCUT2D eigenvalue weighted by molar-refractivity contribution is 0.155. The van der Waals surface area contributed by atoms with Gasteiger partial charge in [0, 0.05) is 31.0 Å². The number of rotatable bonds is 6. The predicted octanol–water partition coefficient (Wildman–Crippen LogP) is 5.88. The minimum absolute atomic E-state index is 0.00476. The fraction of sp³-hybridized carbons (Fsp3) is 0.259. The molecule has 0 spiro atoms. The molecule has 1 saturated heterocycles. The molecule has 0 radical (unpaired) electrons. The van der Waals surface area contributed by atoms with E-state index in [1.54, 1.807) is 17.0 Å². The quantitative estimate of drug-likeness (QED) is 0.517. The van der Waals surface area contributed by atoms with E-state index < -0.39 is 6.09 Å². The highest BCUT2D eigenvalue weighted by atomic mass is 16.5. The van der Waals surface area contributed by atoms with Crippen molar-refractivity contribution in [2.45, 2.75) is 33.4 Å². The lowest BCUT2D eigenvalue weighted by Crippen LogP contribution is -2.49. The second-order valence-corrected chi connectivity index (χ2v) is 8.37. The third kappa shape index (κ3) is 5.71. The van der Waals surface area contributed by atoms with Crippen LogP contribution in [-0.2, 0) is 17.9 Å². The highest BCUT2D eigenvalue weighted by Crippen LogP contribution is 2.24. The average molecular weight is 444 g/mol. The van der Waals surface area contributed by atoms with Gasteiger partial charge in [0.25, 0.3) is 0 Å². The molecule has 4 rings (SSSR count). The maximum Gasteiger partial charge on any atom is 0.411 e. The molecule has 0 unspecified atom stereocenters. The van der Waals surface area contributed by atoms with Crippen molar-refractivity contribution >= 4 is 23.5 Å². The van der Waals surface area contributed by atoms with Crippen LogP contribution >= 0.6 is 0 Å². The van der Waals surface area contributed by atoms with Crippen molar-refractivity contribution in [1.82, 2.24) is 4.90 Å². The van der Waals surface area contributed by atoms with Crippen LogP contribution in [0.15, 0.2) is 72.8 Å². The highest BCUT2D eigenvalue weighted by Gasteiger charge is 2.27. The van der Waals surface area contributed by atoms with Gasteiger partial charge in [0.15, 0.2) is 0 Å². The van der Waals surface area contributed by atoms with Crippen LogP contribution < -0.4 is 10.2 Å². The van der Waals surface area contributed by atoms with Gasteiger partial charge < -0.3 is 9.64 Å². The summed E-state index contributed by atoms with van der Waals surface area (Å²) in [5, 5.41) is 2.73. The Labute approximate surface area is 194 Å². The summed E-state index contributed by atoms with van der Waals surface area (Å²) < 4.78 is 5.26. The third-order valence-electron chi connectivity index (χ3n) is 5.82. The van der Waals surface area contributed by atoms with Crippen LogP contribution in [-0.4, -0.2) is 30.1 Å². The molecule has 1 aliphatic heterocycles. The number of amides is 3. The second kappa shape index (κ2) is 10.2. The molecule has 0 saturated carbocycles. The van der Waals surface area contributed by atoms with Crippen molar-refractivity contribution in [1.29, 1.82) is 0 Å². The first-order valence-corrected chi connectivity index (χ1v) is 11.2. The molecule has 0 aliphatic carbocycles.